The van der Waals surface area contributed by atoms with Gasteiger partial charge in [-0.2, -0.15) is 0 Å². The highest BCUT2D eigenvalue weighted by molar-refractivity contribution is 5.98. The van der Waals surface area contributed by atoms with Crippen molar-refractivity contribution in [3.63, 3.8) is 0 Å². The molecule has 1 atom stereocenters. The number of aliphatic hydroxyl groups excluding tert-OH is 2. The van der Waals surface area contributed by atoms with Crippen molar-refractivity contribution in [2.75, 3.05) is 13.2 Å². The molecule has 0 aliphatic carbocycles. The van der Waals surface area contributed by atoms with Crippen LogP contribution in [0.5, 0.6) is 5.75 Å². The third-order valence-electron chi connectivity index (χ3n) is 6.13. The summed E-state index contributed by atoms with van der Waals surface area (Å²) in [7, 11) is 1.99. The van der Waals surface area contributed by atoms with Gasteiger partial charge in [0.25, 0.3) is 5.91 Å². The van der Waals surface area contributed by atoms with E-state index in [1.165, 1.54) is 0 Å². The fourth-order valence-corrected chi connectivity index (χ4v) is 4.35. The normalized spacial score (nSPS) is 12.0. The molecule has 1 heterocycles. The maximum atomic E-state index is 13.4. The summed E-state index contributed by atoms with van der Waals surface area (Å²) in [5, 5.41) is 23.7. The highest BCUT2D eigenvalue weighted by Crippen LogP contribution is 2.28. The summed E-state index contributed by atoms with van der Waals surface area (Å²) in [6.45, 7) is 2.28. The molecule has 6 heteroatoms. The first-order valence-electron chi connectivity index (χ1n) is 12.0. The zero-order chi connectivity index (χ0) is 24.8. The van der Waals surface area contributed by atoms with Crippen LogP contribution in [0.4, 0.5) is 0 Å². The number of nitrogens with zero attached hydrogens (tertiary/aromatic N) is 1. The predicted octanol–water partition coefficient (Wildman–Crippen LogP) is 4.46. The Morgan fingerprint density at radius 2 is 1.83 bits per heavy atom. The monoisotopic (exact) mass is 472 g/mol. The van der Waals surface area contributed by atoms with Crippen molar-refractivity contribution >= 4 is 16.8 Å². The molecule has 0 unspecified atom stereocenters. The van der Waals surface area contributed by atoms with Crippen molar-refractivity contribution in [1.29, 1.82) is 0 Å². The number of para-hydroxylation sites is 1. The molecule has 0 saturated heterocycles. The molecule has 0 saturated carbocycles. The number of benzene rings is 3. The Balaban J connectivity index is 1.61. The van der Waals surface area contributed by atoms with E-state index in [0.717, 1.165) is 39.6 Å². The van der Waals surface area contributed by atoms with Crippen LogP contribution in [0.1, 0.15) is 34.8 Å². The molecule has 35 heavy (non-hydrogen) atoms. The minimum Gasteiger partial charge on any atom is -0.493 e. The fraction of sp³-hybridized carbons (Fsp3) is 0.276. The number of nitrogens with one attached hydrogen (secondary N) is 1. The van der Waals surface area contributed by atoms with Gasteiger partial charge in [0.2, 0.25) is 0 Å². The van der Waals surface area contributed by atoms with Gasteiger partial charge in [0, 0.05) is 24.1 Å². The number of aryl methyl sites for hydroxylation is 1. The largest absolute Gasteiger partial charge is 0.493 e. The zero-order valence-electron chi connectivity index (χ0n) is 20.2. The number of hydrogen-bond acceptors (Lipinski definition) is 4. The molecule has 0 bridgehead atoms. The number of carbonyl (C=O) groups is 1. The average Bonchev–Trinajstić information content (AvgIpc) is 3.21. The van der Waals surface area contributed by atoms with Crippen LogP contribution in [0.3, 0.4) is 0 Å². The Morgan fingerprint density at radius 1 is 1.03 bits per heavy atom. The van der Waals surface area contributed by atoms with Crippen LogP contribution in [-0.4, -0.2) is 39.9 Å². The van der Waals surface area contributed by atoms with Crippen molar-refractivity contribution in [2.45, 2.75) is 32.4 Å². The zero-order valence-corrected chi connectivity index (χ0v) is 20.2. The van der Waals surface area contributed by atoms with Crippen LogP contribution in [0.25, 0.3) is 22.0 Å². The molecule has 0 aliphatic heterocycles. The molecule has 3 N–H and O–H groups in total. The first-order chi connectivity index (χ1) is 17.0. The van der Waals surface area contributed by atoms with Crippen molar-refractivity contribution in [2.24, 2.45) is 7.05 Å². The molecule has 0 spiro atoms. The van der Waals surface area contributed by atoms with E-state index in [4.69, 9.17) is 4.74 Å². The standard InChI is InChI=1S/C29H32N2O4/c1-3-13-35-28-12-11-22(21-8-6-7-20(14-21)18-32)16-26(28)29(34)30-24(19-33)15-23-17-31(2)27-10-5-4-9-25(23)27/h4-12,14,16-17,24,32-33H,3,13,15,18-19H2,1-2H3,(H,30,34)/t24-/m1/s1. The second-order valence-electron chi connectivity index (χ2n) is 8.76. The van der Waals surface area contributed by atoms with Crippen molar-refractivity contribution in [3.05, 3.63) is 89.6 Å². The maximum absolute atomic E-state index is 13.4. The van der Waals surface area contributed by atoms with Crippen molar-refractivity contribution in [3.8, 4) is 16.9 Å². The Labute approximate surface area is 205 Å². The molecule has 0 fully saturated rings. The summed E-state index contributed by atoms with van der Waals surface area (Å²) in [4.78, 5) is 13.4. The van der Waals surface area contributed by atoms with E-state index in [9.17, 15) is 15.0 Å². The number of aliphatic hydroxyl groups is 2. The Kier molecular flexibility index (Phi) is 7.85. The summed E-state index contributed by atoms with van der Waals surface area (Å²) in [5.41, 5.74) is 5.15. The van der Waals surface area contributed by atoms with Gasteiger partial charge in [0.15, 0.2) is 0 Å². The summed E-state index contributed by atoms with van der Waals surface area (Å²) >= 11 is 0. The Morgan fingerprint density at radius 3 is 2.60 bits per heavy atom. The van der Waals surface area contributed by atoms with E-state index < -0.39 is 6.04 Å². The summed E-state index contributed by atoms with van der Waals surface area (Å²) < 4.78 is 7.93. The predicted molar refractivity (Wildman–Crippen MR) is 139 cm³/mol. The molecule has 182 valence electrons. The first-order valence-corrected chi connectivity index (χ1v) is 12.0. The minimum absolute atomic E-state index is 0.0504. The number of carbonyl (C=O) groups excluding carboxylic acids is 1. The second-order valence-corrected chi connectivity index (χ2v) is 8.76. The smallest absolute Gasteiger partial charge is 0.255 e. The lowest BCUT2D eigenvalue weighted by Gasteiger charge is -2.18. The van der Waals surface area contributed by atoms with Gasteiger partial charge in [0.1, 0.15) is 5.75 Å². The molecule has 4 rings (SSSR count). The lowest BCUT2D eigenvalue weighted by atomic mass is 9.99. The highest BCUT2D eigenvalue weighted by Gasteiger charge is 2.20. The van der Waals surface area contributed by atoms with E-state index in [-0.39, 0.29) is 19.1 Å². The summed E-state index contributed by atoms with van der Waals surface area (Å²) in [6, 6.07) is 20.8. The van der Waals surface area contributed by atoms with Gasteiger partial charge in [0.05, 0.1) is 31.4 Å². The summed E-state index contributed by atoms with van der Waals surface area (Å²) in [6.07, 6.45) is 3.37. The van der Waals surface area contributed by atoms with E-state index in [1.807, 2.05) is 74.8 Å². The van der Waals surface area contributed by atoms with Crippen molar-refractivity contribution < 1.29 is 19.7 Å². The van der Waals surface area contributed by atoms with Crippen LogP contribution in [-0.2, 0) is 20.1 Å². The van der Waals surface area contributed by atoms with Gasteiger partial charge in [-0.1, -0.05) is 49.4 Å². The molecule has 0 aliphatic rings. The first kappa shape index (κ1) is 24.5. The quantitative estimate of drug-likeness (QED) is 0.318. The van der Waals surface area contributed by atoms with Crippen LogP contribution in [0.15, 0.2) is 72.9 Å². The Bertz CT molecular complexity index is 1310. The SMILES string of the molecule is CCCOc1ccc(-c2cccc(CO)c2)cc1C(=O)N[C@@H](CO)Cc1cn(C)c2ccccc12. The van der Waals surface area contributed by atoms with Gasteiger partial charge in [-0.25, -0.2) is 0 Å². The lowest BCUT2D eigenvalue weighted by molar-refractivity contribution is 0.0912. The van der Waals surface area contributed by atoms with Crippen LogP contribution in [0.2, 0.25) is 0 Å². The topological polar surface area (TPSA) is 83.7 Å². The number of ether oxygens (including phenoxy) is 1. The van der Waals surface area contributed by atoms with Gasteiger partial charge in [-0.3, -0.25) is 4.79 Å². The summed E-state index contributed by atoms with van der Waals surface area (Å²) in [5.74, 6) is 0.212. The third kappa shape index (κ3) is 5.56. The molecule has 6 nitrogen and oxygen atoms in total. The number of amides is 1. The van der Waals surface area contributed by atoms with Gasteiger partial charge >= 0.3 is 0 Å². The minimum atomic E-state index is -0.450. The molecule has 1 aromatic heterocycles. The number of aromatic nitrogens is 1. The number of rotatable bonds is 10. The fourth-order valence-electron chi connectivity index (χ4n) is 4.35. The van der Waals surface area contributed by atoms with Crippen molar-refractivity contribution in [1.82, 2.24) is 9.88 Å². The molecule has 4 aromatic rings. The lowest BCUT2D eigenvalue weighted by Crippen LogP contribution is -2.39. The number of hydrogen-bond donors (Lipinski definition) is 3. The van der Waals surface area contributed by atoms with E-state index >= 15 is 0 Å². The van der Waals surface area contributed by atoms with Gasteiger partial charge < -0.3 is 24.8 Å². The van der Waals surface area contributed by atoms with Crippen LogP contribution < -0.4 is 10.1 Å². The average molecular weight is 473 g/mol. The Hall–Kier alpha value is -3.61. The van der Waals surface area contributed by atoms with Gasteiger partial charge in [-0.05, 0) is 59.4 Å². The molecule has 3 aromatic carbocycles. The van der Waals surface area contributed by atoms with Crippen LogP contribution in [0, 0.1) is 0 Å². The molecular formula is C29H32N2O4. The highest BCUT2D eigenvalue weighted by atomic mass is 16.5. The third-order valence-corrected chi connectivity index (χ3v) is 6.13. The second kappa shape index (κ2) is 11.2. The van der Waals surface area contributed by atoms with E-state index in [1.54, 1.807) is 0 Å². The molecular weight excluding hydrogens is 440 g/mol. The van der Waals surface area contributed by atoms with E-state index in [0.29, 0.717) is 24.3 Å². The van der Waals surface area contributed by atoms with Crippen LogP contribution >= 0.6 is 0 Å². The molecule has 1 amide bonds. The van der Waals surface area contributed by atoms with E-state index in [2.05, 4.69) is 22.0 Å². The van der Waals surface area contributed by atoms with Gasteiger partial charge in [-0.15, -0.1) is 0 Å². The molecule has 0 radical (unpaired) electrons. The maximum Gasteiger partial charge on any atom is 0.255 e. The number of fused-ring (bicyclic) bond motifs is 1.